The first-order valence-electron chi connectivity index (χ1n) is 8.36. The Balaban J connectivity index is 1.88. The molecule has 1 aromatic heterocycles. The molecule has 0 saturated carbocycles. The van der Waals surface area contributed by atoms with Crippen molar-refractivity contribution in [2.45, 2.75) is 20.4 Å². The Kier molecular flexibility index (Phi) is 5.47. The second-order valence-corrected chi connectivity index (χ2v) is 6.88. The predicted octanol–water partition coefficient (Wildman–Crippen LogP) is 5.66. The van der Waals surface area contributed by atoms with Crippen LogP contribution in [0.4, 0.5) is 8.78 Å². The number of benzene rings is 2. The fourth-order valence-electron chi connectivity index (χ4n) is 2.85. The summed E-state index contributed by atoms with van der Waals surface area (Å²) in [5, 5.41) is 4.04. The molecule has 134 valence electrons. The first kappa shape index (κ1) is 18.3. The van der Waals surface area contributed by atoms with Gasteiger partial charge in [0.15, 0.2) is 0 Å². The zero-order valence-corrected chi connectivity index (χ0v) is 15.4. The van der Waals surface area contributed by atoms with Gasteiger partial charge in [0.25, 0.3) is 5.91 Å². The normalized spacial score (nSPS) is 10.8. The van der Waals surface area contributed by atoms with Gasteiger partial charge in [0.1, 0.15) is 11.6 Å². The fourth-order valence-corrected chi connectivity index (χ4v) is 3.50. The third-order valence-corrected chi connectivity index (χ3v) is 5.05. The van der Waals surface area contributed by atoms with Crippen LogP contribution in [0, 0.1) is 18.6 Å². The topological polar surface area (TPSA) is 20.3 Å². The van der Waals surface area contributed by atoms with E-state index < -0.39 is 11.6 Å². The van der Waals surface area contributed by atoms with Crippen molar-refractivity contribution in [2.24, 2.45) is 0 Å². The molecule has 0 atom stereocenters. The number of rotatable bonds is 5. The van der Waals surface area contributed by atoms with Crippen molar-refractivity contribution in [1.29, 1.82) is 0 Å². The Bertz CT molecular complexity index is 922. The number of amides is 1. The van der Waals surface area contributed by atoms with Gasteiger partial charge in [-0.15, -0.1) is 0 Å². The third-order valence-electron chi connectivity index (χ3n) is 4.36. The maximum absolute atomic E-state index is 13.9. The molecule has 0 bridgehead atoms. The van der Waals surface area contributed by atoms with Crippen molar-refractivity contribution >= 4 is 17.2 Å². The lowest BCUT2D eigenvalue weighted by Crippen LogP contribution is -2.30. The Morgan fingerprint density at radius 1 is 1.12 bits per heavy atom. The summed E-state index contributed by atoms with van der Waals surface area (Å²) in [6.45, 7) is 4.38. The quantitative estimate of drug-likeness (QED) is 0.566. The summed E-state index contributed by atoms with van der Waals surface area (Å²) in [5.41, 5.74) is 4.04. The summed E-state index contributed by atoms with van der Waals surface area (Å²) in [7, 11) is 0. The average Bonchev–Trinajstić information content (AvgIpc) is 3.15. The van der Waals surface area contributed by atoms with Gasteiger partial charge in [-0.3, -0.25) is 4.79 Å². The maximum atomic E-state index is 13.9. The summed E-state index contributed by atoms with van der Waals surface area (Å²) < 4.78 is 27.0. The van der Waals surface area contributed by atoms with Gasteiger partial charge in [0.05, 0.1) is 0 Å². The molecule has 2 aromatic carbocycles. The predicted molar refractivity (Wildman–Crippen MR) is 101 cm³/mol. The smallest absolute Gasteiger partial charge is 0.254 e. The van der Waals surface area contributed by atoms with Gasteiger partial charge in [-0.05, 0) is 65.6 Å². The van der Waals surface area contributed by atoms with Gasteiger partial charge in [0.2, 0.25) is 0 Å². The number of carbonyl (C=O) groups is 1. The molecular formula is C21H19F2NOS. The monoisotopic (exact) mass is 371 g/mol. The van der Waals surface area contributed by atoms with Crippen LogP contribution in [-0.2, 0) is 6.54 Å². The van der Waals surface area contributed by atoms with Crippen molar-refractivity contribution in [3.05, 3.63) is 81.5 Å². The number of halogens is 2. The molecule has 0 N–H and O–H groups in total. The molecule has 0 aliphatic rings. The molecular weight excluding hydrogens is 352 g/mol. The van der Waals surface area contributed by atoms with E-state index in [4.69, 9.17) is 0 Å². The van der Waals surface area contributed by atoms with Crippen LogP contribution >= 0.6 is 11.3 Å². The summed E-state index contributed by atoms with van der Waals surface area (Å²) in [6.07, 6.45) is 0. The summed E-state index contributed by atoms with van der Waals surface area (Å²) >= 11 is 1.61. The lowest BCUT2D eigenvalue weighted by molar-refractivity contribution is 0.0751. The summed E-state index contributed by atoms with van der Waals surface area (Å²) in [5.74, 6) is -1.44. The van der Waals surface area contributed by atoms with E-state index in [0.29, 0.717) is 17.7 Å². The van der Waals surface area contributed by atoms with Gasteiger partial charge >= 0.3 is 0 Å². The van der Waals surface area contributed by atoms with Gasteiger partial charge in [0, 0.05) is 30.3 Å². The summed E-state index contributed by atoms with van der Waals surface area (Å²) in [4.78, 5) is 14.5. The molecule has 0 aliphatic carbocycles. The largest absolute Gasteiger partial charge is 0.334 e. The lowest BCUT2D eigenvalue weighted by Gasteiger charge is -2.22. The van der Waals surface area contributed by atoms with Crippen molar-refractivity contribution in [3.63, 3.8) is 0 Å². The highest BCUT2D eigenvalue weighted by atomic mass is 32.1. The van der Waals surface area contributed by atoms with Crippen molar-refractivity contribution in [2.75, 3.05) is 6.54 Å². The van der Waals surface area contributed by atoms with Crippen LogP contribution in [0.2, 0.25) is 0 Å². The molecule has 0 unspecified atom stereocenters. The van der Waals surface area contributed by atoms with Crippen molar-refractivity contribution < 1.29 is 13.6 Å². The highest BCUT2D eigenvalue weighted by molar-refractivity contribution is 7.08. The van der Waals surface area contributed by atoms with Crippen LogP contribution in [0.25, 0.3) is 11.1 Å². The minimum absolute atomic E-state index is 0.100. The minimum atomic E-state index is -0.640. The minimum Gasteiger partial charge on any atom is -0.334 e. The molecule has 26 heavy (non-hydrogen) atoms. The molecule has 0 saturated heterocycles. The van der Waals surface area contributed by atoms with E-state index in [1.807, 2.05) is 42.8 Å². The molecule has 0 spiro atoms. The molecule has 3 aromatic rings. The molecule has 5 heteroatoms. The zero-order valence-electron chi connectivity index (χ0n) is 14.6. The van der Waals surface area contributed by atoms with Crippen LogP contribution in [-0.4, -0.2) is 17.4 Å². The van der Waals surface area contributed by atoms with Crippen LogP contribution in [0.15, 0.2) is 53.2 Å². The van der Waals surface area contributed by atoms with Gasteiger partial charge in [-0.1, -0.05) is 12.1 Å². The van der Waals surface area contributed by atoms with E-state index in [0.717, 1.165) is 22.8 Å². The molecule has 1 heterocycles. The zero-order chi connectivity index (χ0) is 18.7. The fraction of sp³-hybridized carbons (Fsp3) is 0.190. The number of aryl methyl sites for hydroxylation is 1. The Labute approximate surface area is 155 Å². The van der Waals surface area contributed by atoms with Crippen LogP contribution in [0.3, 0.4) is 0 Å². The molecule has 3 rings (SSSR count). The maximum Gasteiger partial charge on any atom is 0.254 e. The van der Waals surface area contributed by atoms with Crippen LogP contribution in [0.5, 0.6) is 0 Å². The number of hydrogen-bond donors (Lipinski definition) is 0. The van der Waals surface area contributed by atoms with E-state index in [9.17, 15) is 13.6 Å². The highest BCUT2D eigenvalue weighted by Crippen LogP contribution is 2.27. The SMILES string of the molecule is CCN(Cc1ccc(F)cc1F)C(=O)c1ccc(C)c(-c2ccsc2)c1. The van der Waals surface area contributed by atoms with Crippen molar-refractivity contribution in [1.82, 2.24) is 4.90 Å². The van der Waals surface area contributed by atoms with E-state index in [2.05, 4.69) is 0 Å². The van der Waals surface area contributed by atoms with Crippen LogP contribution in [0.1, 0.15) is 28.4 Å². The summed E-state index contributed by atoms with van der Waals surface area (Å²) in [6, 6.07) is 11.0. The average molecular weight is 371 g/mol. The van der Waals surface area contributed by atoms with Crippen molar-refractivity contribution in [3.8, 4) is 11.1 Å². The van der Waals surface area contributed by atoms with Gasteiger partial charge < -0.3 is 4.90 Å². The van der Waals surface area contributed by atoms with Crippen LogP contribution < -0.4 is 0 Å². The second-order valence-electron chi connectivity index (χ2n) is 6.10. The molecule has 2 nitrogen and oxygen atoms in total. The molecule has 0 aliphatic heterocycles. The number of carbonyl (C=O) groups excluding carboxylic acids is 1. The third kappa shape index (κ3) is 3.83. The lowest BCUT2D eigenvalue weighted by atomic mass is 9.99. The Morgan fingerprint density at radius 2 is 1.92 bits per heavy atom. The number of hydrogen-bond acceptors (Lipinski definition) is 2. The van der Waals surface area contributed by atoms with Gasteiger partial charge in [-0.2, -0.15) is 11.3 Å². The van der Waals surface area contributed by atoms with E-state index in [1.54, 1.807) is 22.3 Å². The molecule has 1 amide bonds. The van der Waals surface area contributed by atoms with E-state index in [1.165, 1.54) is 12.1 Å². The first-order valence-corrected chi connectivity index (χ1v) is 9.30. The standard InChI is InChI=1S/C21H19F2NOS/c1-3-24(12-16-6-7-18(22)11-20(16)23)21(25)15-5-4-14(2)19(10-15)17-8-9-26-13-17/h4-11,13H,3,12H2,1-2H3. The molecule has 0 radical (unpaired) electrons. The van der Waals surface area contributed by atoms with E-state index in [-0.39, 0.29) is 12.5 Å². The number of thiophene rings is 1. The first-order chi connectivity index (χ1) is 12.5. The Hall–Kier alpha value is -2.53. The second kappa shape index (κ2) is 7.79. The van der Waals surface area contributed by atoms with Gasteiger partial charge in [-0.25, -0.2) is 8.78 Å². The number of nitrogens with zero attached hydrogens (tertiary/aromatic N) is 1. The van der Waals surface area contributed by atoms with E-state index >= 15 is 0 Å². The highest BCUT2D eigenvalue weighted by Gasteiger charge is 2.18. The Morgan fingerprint density at radius 3 is 2.58 bits per heavy atom. The molecule has 0 fully saturated rings.